The van der Waals surface area contributed by atoms with E-state index in [4.69, 9.17) is 5.73 Å². The smallest absolute Gasteiger partial charge is 0.0671 e. The van der Waals surface area contributed by atoms with E-state index in [9.17, 15) is 0 Å². The molecule has 0 aromatic carbocycles. The van der Waals surface area contributed by atoms with Crippen LogP contribution in [0, 0.1) is 11.3 Å². The normalized spacial score (nSPS) is 24.4. The largest absolute Gasteiger partial charge is 0.326 e. The summed E-state index contributed by atoms with van der Waals surface area (Å²) in [6.45, 7) is 11.4. The highest BCUT2D eigenvalue weighted by molar-refractivity contribution is 5.12. The molecule has 2 rings (SSSR count). The van der Waals surface area contributed by atoms with Crippen LogP contribution in [0.1, 0.15) is 45.9 Å². The average molecular weight is 261 g/mol. The van der Waals surface area contributed by atoms with Gasteiger partial charge in [-0.05, 0) is 43.4 Å². The fourth-order valence-electron chi connectivity index (χ4n) is 3.09. The quantitative estimate of drug-likeness (QED) is 0.909. The molecule has 2 N–H and O–H groups in total. The van der Waals surface area contributed by atoms with Gasteiger partial charge in [-0.2, -0.15) is 0 Å². The van der Waals surface area contributed by atoms with Crippen LogP contribution < -0.4 is 5.73 Å². The molecule has 1 aromatic heterocycles. The predicted molar refractivity (Wildman–Crippen MR) is 79.8 cm³/mol. The summed E-state index contributed by atoms with van der Waals surface area (Å²) in [6, 6.07) is 6.46. The molecule has 1 aromatic rings. The lowest BCUT2D eigenvalue weighted by molar-refractivity contribution is 0.177. The first-order valence-corrected chi connectivity index (χ1v) is 7.30. The molecule has 1 fully saturated rings. The molecule has 3 nitrogen and oxygen atoms in total. The van der Waals surface area contributed by atoms with Crippen molar-refractivity contribution in [3.05, 3.63) is 30.1 Å². The highest BCUT2D eigenvalue weighted by atomic mass is 15.2. The molecule has 3 heteroatoms. The molecule has 1 aliphatic rings. The van der Waals surface area contributed by atoms with E-state index in [-0.39, 0.29) is 12.1 Å². The molecule has 19 heavy (non-hydrogen) atoms. The molecule has 0 radical (unpaired) electrons. The summed E-state index contributed by atoms with van der Waals surface area (Å²) < 4.78 is 0. The summed E-state index contributed by atoms with van der Waals surface area (Å²) in [5.74, 6) is 0.748. The van der Waals surface area contributed by atoms with Crippen molar-refractivity contribution < 1.29 is 0 Å². The summed E-state index contributed by atoms with van der Waals surface area (Å²) in [6.07, 6.45) is 3.13. The van der Waals surface area contributed by atoms with E-state index >= 15 is 0 Å². The van der Waals surface area contributed by atoms with Gasteiger partial charge in [-0.1, -0.05) is 26.8 Å². The molecular weight excluding hydrogens is 234 g/mol. The van der Waals surface area contributed by atoms with Crippen molar-refractivity contribution in [1.82, 2.24) is 9.88 Å². The lowest BCUT2D eigenvalue weighted by Gasteiger charge is -2.32. The fraction of sp³-hybridized carbons (Fsp3) is 0.688. The highest BCUT2D eigenvalue weighted by Crippen LogP contribution is 2.37. The summed E-state index contributed by atoms with van der Waals surface area (Å²) in [5.41, 5.74) is 7.70. The van der Waals surface area contributed by atoms with Crippen LogP contribution in [0.5, 0.6) is 0 Å². The molecular formula is C16H27N3. The molecule has 106 valence electrons. The van der Waals surface area contributed by atoms with E-state index in [0.29, 0.717) is 5.41 Å². The third-order valence-electron chi connectivity index (χ3n) is 4.33. The number of hydrogen-bond acceptors (Lipinski definition) is 3. The maximum absolute atomic E-state index is 6.22. The van der Waals surface area contributed by atoms with Gasteiger partial charge in [0.05, 0.1) is 11.7 Å². The number of aromatic nitrogens is 1. The van der Waals surface area contributed by atoms with Gasteiger partial charge in [-0.25, -0.2) is 0 Å². The Hall–Kier alpha value is -0.930. The molecule has 3 atom stereocenters. The SMILES string of the molecule is CC(N)C(c1ccccn1)N1CCC(C(C)(C)C)C1. The van der Waals surface area contributed by atoms with Crippen molar-refractivity contribution in [2.75, 3.05) is 13.1 Å². The summed E-state index contributed by atoms with van der Waals surface area (Å²) in [4.78, 5) is 7.03. The Balaban J connectivity index is 2.15. The second kappa shape index (κ2) is 5.59. The predicted octanol–water partition coefficient (Wildman–Crippen LogP) is 2.84. The van der Waals surface area contributed by atoms with E-state index < -0.39 is 0 Å². The molecule has 0 bridgehead atoms. The van der Waals surface area contributed by atoms with Crippen LogP contribution in [-0.2, 0) is 0 Å². The molecule has 1 aliphatic heterocycles. The zero-order chi connectivity index (χ0) is 14.0. The van der Waals surface area contributed by atoms with Crippen molar-refractivity contribution >= 4 is 0 Å². The van der Waals surface area contributed by atoms with Crippen molar-refractivity contribution in [2.24, 2.45) is 17.1 Å². The van der Waals surface area contributed by atoms with Crippen LogP contribution in [0.3, 0.4) is 0 Å². The van der Waals surface area contributed by atoms with Crippen LogP contribution in [0.15, 0.2) is 24.4 Å². The van der Waals surface area contributed by atoms with Crippen LogP contribution in [0.4, 0.5) is 0 Å². The van der Waals surface area contributed by atoms with E-state index in [1.807, 2.05) is 12.3 Å². The minimum absolute atomic E-state index is 0.105. The molecule has 3 unspecified atom stereocenters. The van der Waals surface area contributed by atoms with Gasteiger partial charge in [0.15, 0.2) is 0 Å². The first-order chi connectivity index (χ1) is 8.89. The Kier molecular flexibility index (Phi) is 4.26. The summed E-state index contributed by atoms with van der Waals surface area (Å²) in [5, 5.41) is 0. The Morgan fingerprint density at radius 1 is 1.37 bits per heavy atom. The highest BCUT2D eigenvalue weighted by Gasteiger charge is 2.36. The van der Waals surface area contributed by atoms with E-state index in [2.05, 4.69) is 49.7 Å². The van der Waals surface area contributed by atoms with Gasteiger partial charge < -0.3 is 5.73 Å². The molecule has 0 spiro atoms. The number of hydrogen-bond donors (Lipinski definition) is 1. The molecule has 0 aliphatic carbocycles. The topological polar surface area (TPSA) is 42.1 Å². The van der Waals surface area contributed by atoms with Crippen LogP contribution in [-0.4, -0.2) is 29.0 Å². The van der Waals surface area contributed by atoms with E-state index in [1.165, 1.54) is 6.42 Å². The minimum atomic E-state index is 0.105. The first kappa shape index (κ1) is 14.5. The van der Waals surface area contributed by atoms with Gasteiger partial charge in [-0.3, -0.25) is 9.88 Å². The van der Waals surface area contributed by atoms with E-state index in [0.717, 1.165) is 24.7 Å². The summed E-state index contributed by atoms with van der Waals surface area (Å²) >= 11 is 0. The van der Waals surface area contributed by atoms with Gasteiger partial charge >= 0.3 is 0 Å². The van der Waals surface area contributed by atoms with Crippen molar-refractivity contribution in [3.8, 4) is 0 Å². The third-order valence-corrected chi connectivity index (χ3v) is 4.33. The van der Waals surface area contributed by atoms with Crippen molar-refractivity contribution in [1.29, 1.82) is 0 Å². The van der Waals surface area contributed by atoms with Crippen molar-refractivity contribution in [2.45, 2.75) is 46.2 Å². The standard InChI is InChI=1S/C16H27N3/c1-12(17)15(14-7-5-6-9-18-14)19-10-8-13(11-19)16(2,3)4/h5-7,9,12-13,15H,8,10-11,17H2,1-4H3. The van der Waals surface area contributed by atoms with Gasteiger partial charge in [-0.15, -0.1) is 0 Å². The Bertz CT molecular complexity index is 394. The lowest BCUT2D eigenvalue weighted by atomic mass is 9.80. The van der Waals surface area contributed by atoms with Gasteiger partial charge in [0.2, 0.25) is 0 Å². The molecule has 2 heterocycles. The minimum Gasteiger partial charge on any atom is -0.326 e. The molecule has 0 saturated carbocycles. The monoisotopic (exact) mass is 261 g/mol. The zero-order valence-corrected chi connectivity index (χ0v) is 12.6. The van der Waals surface area contributed by atoms with Gasteiger partial charge in [0.1, 0.15) is 0 Å². The Morgan fingerprint density at radius 3 is 2.58 bits per heavy atom. The number of nitrogens with zero attached hydrogens (tertiary/aromatic N) is 2. The lowest BCUT2D eigenvalue weighted by Crippen LogP contribution is -2.39. The third kappa shape index (κ3) is 3.34. The number of pyridine rings is 1. The van der Waals surface area contributed by atoms with Crippen LogP contribution >= 0.6 is 0 Å². The summed E-state index contributed by atoms with van der Waals surface area (Å²) in [7, 11) is 0. The maximum atomic E-state index is 6.22. The number of rotatable bonds is 3. The second-order valence-corrected chi connectivity index (χ2v) is 6.91. The fourth-order valence-corrected chi connectivity index (χ4v) is 3.09. The molecule has 0 amide bonds. The van der Waals surface area contributed by atoms with Gasteiger partial charge in [0, 0.05) is 18.8 Å². The Morgan fingerprint density at radius 2 is 2.11 bits per heavy atom. The maximum Gasteiger partial charge on any atom is 0.0671 e. The van der Waals surface area contributed by atoms with Gasteiger partial charge in [0.25, 0.3) is 0 Å². The number of likely N-dealkylation sites (tertiary alicyclic amines) is 1. The zero-order valence-electron chi connectivity index (χ0n) is 12.6. The Labute approximate surface area is 117 Å². The first-order valence-electron chi connectivity index (χ1n) is 7.30. The second-order valence-electron chi connectivity index (χ2n) is 6.91. The van der Waals surface area contributed by atoms with E-state index in [1.54, 1.807) is 0 Å². The average Bonchev–Trinajstić information content (AvgIpc) is 2.79. The molecule has 1 saturated heterocycles. The van der Waals surface area contributed by atoms with Crippen LogP contribution in [0.2, 0.25) is 0 Å². The van der Waals surface area contributed by atoms with Crippen molar-refractivity contribution in [3.63, 3.8) is 0 Å². The number of nitrogens with two attached hydrogens (primary N) is 1. The van der Waals surface area contributed by atoms with Crippen LogP contribution in [0.25, 0.3) is 0 Å².